The second-order valence-electron chi connectivity index (χ2n) is 7.11. The zero-order valence-corrected chi connectivity index (χ0v) is 14.7. The standard InChI is InChI=1S/C23H13N5/c1-2-4-17-13(3-1)14-5-6-16-21(22(14)26-17)15-7-9-25-12-20(15)28-19-8-10-24-11-18(19)27-23(16)28/h1-12,26H. The number of H-pyrrole nitrogens is 1. The Labute approximate surface area is 158 Å². The number of rotatable bonds is 0. The first-order valence-electron chi connectivity index (χ1n) is 9.21. The van der Waals surface area contributed by atoms with Gasteiger partial charge in [-0.1, -0.05) is 24.3 Å². The molecular weight excluding hydrogens is 346 g/mol. The second kappa shape index (κ2) is 4.84. The van der Waals surface area contributed by atoms with Crippen LogP contribution in [0.2, 0.25) is 0 Å². The molecule has 28 heavy (non-hydrogen) atoms. The summed E-state index contributed by atoms with van der Waals surface area (Å²) >= 11 is 0. The fraction of sp³-hybridized carbons (Fsp3) is 0. The quantitative estimate of drug-likeness (QED) is 0.378. The molecule has 0 bridgehead atoms. The molecule has 5 heterocycles. The topological polar surface area (TPSA) is 58.9 Å². The van der Waals surface area contributed by atoms with Gasteiger partial charge in [0.05, 0.1) is 28.9 Å². The SMILES string of the molecule is c1ccc2c(c1)[nH]c1c2ccc2c1c1ccncc1n1c3ccncc3nc21. The van der Waals surface area contributed by atoms with Crippen molar-refractivity contribution in [1.82, 2.24) is 24.3 Å². The van der Waals surface area contributed by atoms with Crippen molar-refractivity contribution in [2.75, 3.05) is 0 Å². The van der Waals surface area contributed by atoms with Gasteiger partial charge in [0.2, 0.25) is 0 Å². The number of aromatic amines is 1. The lowest BCUT2D eigenvalue weighted by Crippen LogP contribution is -1.92. The number of aromatic nitrogens is 5. The monoisotopic (exact) mass is 359 g/mol. The summed E-state index contributed by atoms with van der Waals surface area (Å²) < 4.78 is 2.19. The highest BCUT2D eigenvalue weighted by molar-refractivity contribution is 6.26. The van der Waals surface area contributed by atoms with E-state index in [2.05, 4.69) is 61.8 Å². The first-order valence-corrected chi connectivity index (χ1v) is 9.21. The Morgan fingerprint density at radius 2 is 1.57 bits per heavy atom. The van der Waals surface area contributed by atoms with Crippen LogP contribution in [0.5, 0.6) is 0 Å². The third-order valence-electron chi connectivity index (χ3n) is 5.69. The van der Waals surface area contributed by atoms with E-state index in [9.17, 15) is 0 Å². The van der Waals surface area contributed by atoms with E-state index in [1.54, 1.807) is 0 Å². The van der Waals surface area contributed by atoms with Gasteiger partial charge in [0.15, 0.2) is 0 Å². The minimum atomic E-state index is 0.886. The number of imidazole rings is 1. The molecule has 5 heteroatoms. The number of pyridine rings is 3. The molecule has 0 saturated heterocycles. The van der Waals surface area contributed by atoms with Crippen molar-refractivity contribution in [1.29, 1.82) is 0 Å². The molecule has 0 aliphatic carbocycles. The molecule has 0 aliphatic heterocycles. The highest BCUT2D eigenvalue weighted by Crippen LogP contribution is 2.38. The molecule has 7 rings (SSSR count). The van der Waals surface area contributed by atoms with Gasteiger partial charge in [0, 0.05) is 44.8 Å². The maximum absolute atomic E-state index is 4.91. The highest BCUT2D eigenvalue weighted by atomic mass is 15.0. The van der Waals surface area contributed by atoms with Gasteiger partial charge in [-0.15, -0.1) is 0 Å². The number of benzene rings is 2. The van der Waals surface area contributed by atoms with Crippen LogP contribution in [-0.2, 0) is 0 Å². The van der Waals surface area contributed by atoms with Gasteiger partial charge in [-0.05, 0) is 24.3 Å². The molecule has 0 amide bonds. The molecule has 2 aromatic carbocycles. The van der Waals surface area contributed by atoms with Crippen molar-refractivity contribution < 1.29 is 0 Å². The summed E-state index contributed by atoms with van der Waals surface area (Å²) in [5, 5.41) is 5.92. The third-order valence-corrected chi connectivity index (χ3v) is 5.69. The van der Waals surface area contributed by atoms with Gasteiger partial charge < -0.3 is 4.98 Å². The van der Waals surface area contributed by atoms with E-state index >= 15 is 0 Å². The van der Waals surface area contributed by atoms with E-state index in [0.717, 1.165) is 44.0 Å². The van der Waals surface area contributed by atoms with Gasteiger partial charge in [-0.3, -0.25) is 14.4 Å². The van der Waals surface area contributed by atoms with Crippen molar-refractivity contribution in [2.24, 2.45) is 0 Å². The van der Waals surface area contributed by atoms with Crippen LogP contribution in [0, 0.1) is 0 Å². The number of hydrogen-bond acceptors (Lipinski definition) is 3. The summed E-state index contributed by atoms with van der Waals surface area (Å²) in [6.45, 7) is 0. The predicted molar refractivity (Wildman–Crippen MR) is 113 cm³/mol. The van der Waals surface area contributed by atoms with Crippen molar-refractivity contribution in [3.63, 3.8) is 0 Å². The molecule has 0 saturated carbocycles. The third kappa shape index (κ3) is 1.60. The Morgan fingerprint density at radius 1 is 0.714 bits per heavy atom. The number of para-hydroxylation sites is 1. The van der Waals surface area contributed by atoms with Gasteiger partial charge >= 0.3 is 0 Å². The van der Waals surface area contributed by atoms with Crippen molar-refractivity contribution in [3.05, 3.63) is 73.3 Å². The summed E-state index contributed by atoms with van der Waals surface area (Å²) in [6, 6.07) is 16.9. The average molecular weight is 359 g/mol. The summed E-state index contributed by atoms with van der Waals surface area (Å²) in [7, 11) is 0. The maximum Gasteiger partial charge on any atom is 0.146 e. The van der Waals surface area contributed by atoms with Crippen LogP contribution in [0.15, 0.2) is 73.3 Å². The fourth-order valence-electron chi connectivity index (χ4n) is 4.52. The van der Waals surface area contributed by atoms with Crippen molar-refractivity contribution in [2.45, 2.75) is 0 Å². The van der Waals surface area contributed by atoms with Gasteiger partial charge in [-0.25, -0.2) is 4.98 Å². The Balaban J connectivity index is 1.87. The molecule has 5 aromatic heterocycles. The molecular formula is C23H13N5. The lowest BCUT2D eigenvalue weighted by molar-refractivity contribution is 1.27. The highest BCUT2D eigenvalue weighted by Gasteiger charge is 2.17. The molecule has 0 spiro atoms. The Bertz CT molecular complexity index is 1720. The summed E-state index contributed by atoms with van der Waals surface area (Å²) in [4.78, 5) is 17.2. The van der Waals surface area contributed by atoms with Crippen LogP contribution in [-0.4, -0.2) is 24.3 Å². The van der Waals surface area contributed by atoms with Crippen LogP contribution in [0.4, 0.5) is 0 Å². The average Bonchev–Trinajstić information content (AvgIpc) is 3.32. The first-order chi connectivity index (χ1) is 13.9. The molecule has 0 atom stereocenters. The summed E-state index contributed by atoms with van der Waals surface area (Å²) in [6.07, 6.45) is 7.40. The minimum Gasteiger partial charge on any atom is -0.354 e. The van der Waals surface area contributed by atoms with E-state index in [0.29, 0.717) is 0 Å². The van der Waals surface area contributed by atoms with Crippen LogP contribution in [0.3, 0.4) is 0 Å². The minimum absolute atomic E-state index is 0.886. The number of fused-ring (bicyclic) bond motifs is 12. The number of nitrogens with one attached hydrogen (secondary N) is 1. The first kappa shape index (κ1) is 14.1. The smallest absolute Gasteiger partial charge is 0.146 e. The summed E-state index contributed by atoms with van der Waals surface area (Å²) in [5.41, 5.74) is 6.19. The zero-order chi connectivity index (χ0) is 18.2. The Kier molecular flexibility index (Phi) is 2.44. The number of hydrogen-bond donors (Lipinski definition) is 1. The van der Waals surface area contributed by atoms with Crippen LogP contribution >= 0.6 is 0 Å². The fourth-order valence-corrected chi connectivity index (χ4v) is 4.52. The van der Waals surface area contributed by atoms with Gasteiger partial charge in [0.25, 0.3) is 0 Å². The van der Waals surface area contributed by atoms with E-state index in [-0.39, 0.29) is 0 Å². The largest absolute Gasteiger partial charge is 0.354 e. The Morgan fingerprint density at radius 3 is 2.57 bits per heavy atom. The predicted octanol–water partition coefficient (Wildman–Crippen LogP) is 5.22. The Hall–Kier alpha value is -3.99. The number of nitrogens with zero attached hydrogens (tertiary/aromatic N) is 4. The molecule has 130 valence electrons. The zero-order valence-electron chi connectivity index (χ0n) is 14.7. The van der Waals surface area contributed by atoms with E-state index in [1.165, 1.54) is 16.2 Å². The molecule has 5 nitrogen and oxygen atoms in total. The van der Waals surface area contributed by atoms with E-state index < -0.39 is 0 Å². The van der Waals surface area contributed by atoms with E-state index in [4.69, 9.17) is 4.98 Å². The van der Waals surface area contributed by atoms with Crippen LogP contribution < -0.4 is 0 Å². The lowest BCUT2D eigenvalue weighted by atomic mass is 10.0. The second-order valence-corrected chi connectivity index (χ2v) is 7.11. The summed E-state index contributed by atoms with van der Waals surface area (Å²) in [5.74, 6) is 0. The van der Waals surface area contributed by atoms with E-state index in [1.807, 2.05) is 30.9 Å². The molecule has 0 fully saturated rings. The van der Waals surface area contributed by atoms with Crippen LogP contribution in [0.25, 0.3) is 60.2 Å². The van der Waals surface area contributed by atoms with Crippen LogP contribution in [0.1, 0.15) is 0 Å². The normalized spacial score (nSPS) is 12.3. The van der Waals surface area contributed by atoms with Crippen molar-refractivity contribution >= 4 is 60.2 Å². The van der Waals surface area contributed by atoms with Crippen molar-refractivity contribution in [3.8, 4) is 0 Å². The maximum atomic E-state index is 4.91. The molecule has 7 aromatic rings. The van der Waals surface area contributed by atoms with Gasteiger partial charge in [-0.2, -0.15) is 0 Å². The lowest BCUT2D eigenvalue weighted by Gasteiger charge is -2.09. The molecule has 0 aliphatic rings. The molecule has 0 radical (unpaired) electrons. The molecule has 1 N–H and O–H groups in total. The van der Waals surface area contributed by atoms with Gasteiger partial charge in [0.1, 0.15) is 11.2 Å². The molecule has 0 unspecified atom stereocenters.